The van der Waals surface area contributed by atoms with Gasteiger partial charge in [0.2, 0.25) is 10.9 Å². The predicted molar refractivity (Wildman–Crippen MR) is 111 cm³/mol. The number of rotatable bonds is 4. The topological polar surface area (TPSA) is 72.6 Å². The van der Waals surface area contributed by atoms with Gasteiger partial charge in [-0.2, -0.15) is 9.29 Å². The zero-order chi connectivity index (χ0) is 20.6. The monoisotopic (exact) mass is 432 g/mol. The highest BCUT2D eigenvalue weighted by atomic mass is 35.5. The molecule has 4 rings (SSSR count). The van der Waals surface area contributed by atoms with E-state index < -0.39 is 10.0 Å². The van der Waals surface area contributed by atoms with Crippen molar-refractivity contribution in [2.24, 2.45) is 0 Å². The Bertz CT molecular complexity index is 1090. The molecule has 0 amide bonds. The van der Waals surface area contributed by atoms with Gasteiger partial charge >= 0.3 is 0 Å². The molecule has 152 valence electrons. The second-order valence-electron chi connectivity index (χ2n) is 7.11. The minimum absolute atomic E-state index is 0.0972. The number of halogens is 1. The first-order chi connectivity index (χ1) is 13.8. The van der Waals surface area contributed by atoms with Crippen molar-refractivity contribution < 1.29 is 17.6 Å². The van der Waals surface area contributed by atoms with Crippen LogP contribution in [-0.4, -0.2) is 43.0 Å². The molecule has 29 heavy (non-hydrogen) atoms. The Morgan fingerprint density at radius 3 is 2.21 bits per heavy atom. The maximum atomic E-state index is 13.5. The summed E-state index contributed by atoms with van der Waals surface area (Å²) in [6, 6.07) is 16.1. The Hall–Kier alpha value is -2.19. The third-order valence-corrected chi connectivity index (χ3v) is 6.69. The summed E-state index contributed by atoms with van der Waals surface area (Å²) in [5, 5.41) is 0.455. The smallest absolute Gasteiger partial charge is 0.264 e. The molecule has 8 heteroatoms. The van der Waals surface area contributed by atoms with Crippen molar-refractivity contribution in [1.29, 1.82) is 0 Å². The van der Waals surface area contributed by atoms with Crippen molar-refractivity contribution in [3.8, 4) is 22.8 Å². The van der Waals surface area contributed by atoms with Gasteiger partial charge in [0.05, 0.1) is 12.2 Å². The first kappa shape index (κ1) is 20.1. The first-order valence-corrected chi connectivity index (χ1v) is 11.1. The van der Waals surface area contributed by atoms with Crippen LogP contribution in [0.25, 0.3) is 22.8 Å². The van der Waals surface area contributed by atoms with Gasteiger partial charge in [-0.05, 0) is 50.2 Å². The van der Waals surface area contributed by atoms with Crippen molar-refractivity contribution >= 4 is 21.6 Å². The lowest BCUT2D eigenvalue weighted by atomic mass is 10.2. The van der Waals surface area contributed by atoms with Crippen LogP contribution in [0.4, 0.5) is 0 Å². The summed E-state index contributed by atoms with van der Waals surface area (Å²) in [6.07, 6.45) is -0.402. The van der Waals surface area contributed by atoms with Gasteiger partial charge in [-0.3, -0.25) is 0 Å². The maximum absolute atomic E-state index is 13.5. The van der Waals surface area contributed by atoms with E-state index in [0.29, 0.717) is 16.1 Å². The normalized spacial score (nSPS) is 20.7. The van der Waals surface area contributed by atoms with E-state index in [-0.39, 0.29) is 42.0 Å². The van der Waals surface area contributed by atoms with Crippen LogP contribution in [0.1, 0.15) is 13.8 Å². The Balaban J connectivity index is 1.84. The summed E-state index contributed by atoms with van der Waals surface area (Å²) in [5.74, 6) is 0.454. The Kier molecular flexibility index (Phi) is 5.48. The zero-order valence-electron chi connectivity index (χ0n) is 16.1. The van der Waals surface area contributed by atoms with Gasteiger partial charge in [-0.1, -0.05) is 29.8 Å². The number of ether oxygens (including phenoxy) is 1. The highest BCUT2D eigenvalue weighted by Gasteiger charge is 2.37. The average Bonchev–Trinajstić information content (AvgIpc) is 3.15. The van der Waals surface area contributed by atoms with Crippen molar-refractivity contribution in [1.82, 2.24) is 9.29 Å². The molecular weight excluding hydrogens is 412 g/mol. The number of oxazole rings is 1. The molecule has 1 saturated heterocycles. The molecule has 2 heterocycles. The van der Waals surface area contributed by atoms with Crippen LogP contribution in [0, 0.1) is 0 Å². The summed E-state index contributed by atoms with van der Waals surface area (Å²) in [4.78, 5) is 4.41. The van der Waals surface area contributed by atoms with Crippen molar-refractivity contribution in [3.63, 3.8) is 0 Å². The summed E-state index contributed by atoms with van der Waals surface area (Å²) in [7, 11) is -3.89. The molecule has 0 bridgehead atoms. The maximum Gasteiger partial charge on any atom is 0.264 e. The molecular formula is C21H21ClN2O4S. The van der Waals surface area contributed by atoms with E-state index in [1.54, 1.807) is 24.3 Å². The van der Waals surface area contributed by atoms with Gasteiger partial charge in [-0.25, -0.2) is 8.42 Å². The van der Waals surface area contributed by atoms with Crippen LogP contribution in [0.2, 0.25) is 5.02 Å². The predicted octanol–water partition coefficient (Wildman–Crippen LogP) is 4.46. The molecule has 1 aliphatic heterocycles. The number of hydrogen-bond donors (Lipinski definition) is 0. The fraction of sp³-hybridized carbons (Fsp3) is 0.286. The van der Waals surface area contributed by atoms with Crippen LogP contribution in [0.15, 0.2) is 64.0 Å². The fourth-order valence-corrected chi connectivity index (χ4v) is 5.19. The van der Waals surface area contributed by atoms with E-state index in [2.05, 4.69) is 4.98 Å². The fourth-order valence-electron chi connectivity index (χ4n) is 3.42. The molecule has 2 atom stereocenters. The van der Waals surface area contributed by atoms with Gasteiger partial charge in [-0.15, -0.1) is 0 Å². The van der Waals surface area contributed by atoms with E-state index in [4.69, 9.17) is 20.8 Å². The molecule has 0 unspecified atom stereocenters. The van der Waals surface area contributed by atoms with Gasteiger partial charge in [0.1, 0.15) is 0 Å². The molecule has 1 fully saturated rings. The van der Waals surface area contributed by atoms with Gasteiger partial charge < -0.3 is 9.15 Å². The second kappa shape index (κ2) is 7.91. The first-order valence-electron chi connectivity index (χ1n) is 9.32. The van der Waals surface area contributed by atoms with E-state index in [1.165, 1.54) is 4.31 Å². The molecule has 0 N–H and O–H groups in total. The molecule has 0 radical (unpaired) electrons. The van der Waals surface area contributed by atoms with Gasteiger partial charge in [0.15, 0.2) is 5.76 Å². The van der Waals surface area contributed by atoms with Crippen molar-refractivity contribution in [2.75, 3.05) is 13.1 Å². The SMILES string of the molecule is C[C@@H]1CN(S(=O)(=O)c2nc(-c3ccccc3)oc2-c2ccc(Cl)cc2)C[C@H](C)O1. The molecule has 1 aliphatic rings. The summed E-state index contributed by atoms with van der Waals surface area (Å²) < 4.78 is 40.1. The van der Waals surface area contributed by atoms with Gasteiger partial charge in [0, 0.05) is 29.2 Å². The number of morpholine rings is 1. The largest absolute Gasteiger partial charge is 0.435 e. The van der Waals surface area contributed by atoms with E-state index in [1.807, 2.05) is 44.2 Å². The molecule has 1 aromatic heterocycles. The minimum Gasteiger partial charge on any atom is -0.435 e. The number of sulfonamides is 1. The van der Waals surface area contributed by atoms with Gasteiger partial charge in [0.25, 0.3) is 10.0 Å². The van der Waals surface area contributed by atoms with Crippen LogP contribution >= 0.6 is 11.6 Å². The minimum atomic E-state index is -3.89. The number of nitrogens with zero attached hydrogens (tertiary/aromatic N) is 2. The van der Waals surface area contributed by atoms with Crippen LogP contribution in [-0.2, 0) is 14.8 Å². The third-order valence-electron chi connectivity index (χ3n) is 4.69. The lowest BCUT2D eigenvalue weighted by Gasteiger charge is -2.33. The second-order valence-corrected chi connectivity index (χ2v) is 9.40. The van der Waals surface area contributed by atoms with E-state index in [0.717, 1.165) is 0 Å². The standard InChI is InChI=1S/C21H21ClN2O4S/c1-14-12-24(13-15(2)27-14)29(25,26)21-19(16-8-10-18(22)11-9-16)28-20(23-21)17-6-4-3-5-7-17/h3-11,14-15H,12-13H2,1-2H3/t14-,15+. The highest BCUT2D eigenvalue weighted by Crippen LogP contribution is 2.35. The average molecular weight is 433 g/mol. The molecule has 0 aliphatic carbocycles. The van der Waals surface area contributed by atoms with Crippen LogP contribution in [0.3, 0.4) is 0 Å². The lowest BCUT2D eigenvalue weighted by Crippen LogP contribution is -2.48. The molecule has 3 aromatic rings. The highest BCUT2D eigenvalue weighted by molar-refractivity contribution is 7.89. The summed E-state index contributed by atoms with van der Waals surface area (Å²) >= 11 is 6.00. The molecule has 0 saturated carbocycles. The van der Waals surface area contributed by atoms with E-state index >= 15 is 0 Å². The number of aromatic nitrogens is 1. The Morgan fingerprint density at radius 1 is 0.966 bits per heavy atom. The number of benzene rings is 2. The summed E-state index contributed by atoms with van der Waals surface area (Å²) in [6.45, 7) is 4.24. The molecule has 2 aromatic carbocycles. The van der Waals surface area contributed by atoms with Crippen LogP contribution in [0.5, 0.6) is 0 Å². The number of hydrogen-bond acceptors (Lipinski definition) is 5. The third kappa shape index (κ3) is 4.09. The van der Waals surface area contributed by atoms with Crippen molar-refractivity contribution in [2.45, 2.75) is 31.1 Å². The zero-order valence-corrected chi connectivity index (χ0v) is 17.7. The van der Waals surface area contributed by atoms with Crippen molar-refractivity contribution in [3.05, 3.63) is 59.6 Å². The Morgan fingerprint density at radius 2 is 1.59 bits per heavy atom. The molecule has 6 nitrogen and oxygen atoms in total. The Labute approximate surface area is 175 Å². The van der Waals surface area contributed by atoms with Crippen LogP contribution < -0.4 is 0 Å². The lowest BCUT2D eigenvalue weighted by molar-refractivity contribution is -0.0441. The molecule has 0 spiro atoms. The van der Waals surface area contributed by atoms with E-state index in [9.17, 15) is 8.42 Å². The summed E-state index contributed by atoms with van der Waals surface area (Å²) in [5.41, 5.74) is 1.30. The quantitative estimate of drug-likeness (QED) is 0.608.